The highest BCUT2D eigenvalue weighted by molar-refractivity contribution is 6.32. The first kappa shape index (κ1) is 15.0. The Bertz CT molecular complexity index is 442. The molecule has 0 unspecified atom stereocenters. The summed E-state index contributed by atoms with van der Waals surface area (Å²) in [7, 11) is 3.90. The Morgan fingerprint density at radius 2 is 2.17 bits per heavy atom. The first-order valence-electron chi connectivity index (χ1n) is 6.06. The summed E-state index contributed by atoms with van der Waals surface area (Å²) in [5.74, 6) is 0.484. The molecule has 0 spiro atoms. The molecular formula is C12H21ClN4O. The highest BCUT2D eigenvalue weighted by Gasteiger charge is 2.09. The minimum absolute atomic E-state index is 0.212. The molecule has 0 fully saturated rings. The average molecular weight is 273 g/mol. The molecule has 0 aliphatic carbocycles. The van der Waals surface area contributed by atoms with E-state index in [-0.39, 0.29) is 10.6 Å². The maximum Gasteiger partial charge on any atom is 0.287 e. The molecule has 1 rings (SSSR count). The van der Waals surface area contributed by atoms with Crippen molar-refractivity contribution in [2.45, 2.75) is 20.4 Å². The van der Waals surface area contributed by atoms with Gasteiger partial charge in [0, 0.05) is 13.1 Å². The van der Waals surface area contributed by atoms with Crippen molar-refractivity contribution in [1.82, 2.24) is 14.7 Å². The highest BCUT2D eigenvalue weighted by Crippen LogP contribution is 2.15. The van der Waals surface area contributed by atoms with E-state index in [9.17, 15) is 4.79 Å². The summed E-state index contributed by atoms with van der Waals surface area (Å²) in [5, 5.41) is 7.46. The van der Waals surface area contributed by atoms with Gasteiger partial charge in [-0.15, -0.1) is 0 Å². The van der Waals surface area contributed by atoms with Crippen LogP contribution < -0.4 is 10.9 Å². The topological polar surface area (TPSA) is 50.2 Å². The molecule has 0 amide bonds. The molecule has 1 aromatic heterocycles. The number of aromatic nitrogens is 2. The van der Waals surface area contributed by atoms with Crippen LogP contribution in [0.4, 0.5) is 5.69 Å². The van der Waals surface area contributed by atoms with Gasteiger partial charge >= 0.3 is 0 Å². The molecule has 0 aliphatic heterocycles. The molecule has 5 nitrogen and oxygen atoms in total. The average Bonchev–Trinajstić information content (AvgIpc) is 2.29. The van der Waals surface area contributed by atoms with Crippen LogP contribution in [-0.2, 0) is 6.54 Å². The summed E-state index contributed by atoms with van der Waals surface area (Å²) in [6, 6.07) is 0. The molecule has 0 bridgehead atoms. The van der Waals surface area contributed by atoms with Gasteiger partial charge in [0.15, 0.2) is 0 Å². The van der Waals surface area contributed by atoms with Crippen molar-refractivity contribution in [1.29, 1.82) is 0 Å². The van der Waals surface area contributed by atoms with E-state index in [2.05, 4.69) is 24.3 Å². The van der Waals surface area contributed by atoms with Gasteiger partial charge in [-0.1, -0.05) is 25.4 Å². The van der Waals surface area contributed by atoms with Gasteiger partial charge in [-0.25, -0.2) is 4.68 Å². The van der Waals surface area contributed by atoms with Crippen LogP contribution in [-0.4, -0.2) is 41.9 Å². The normalized spacial score (nSPS) is 11.3. The van der Waals surface area contributed by atoms with Gasteiger partial charge in [0.2, 0.25) is 0 Å². The summed E-state index contributed by atoms with van der Waals surface area (Å²) < 4.78 is 1.39. The standard InChI is InChI=1S/C12H21ClN4O/c1-9(2)7-14-10-8-15-17(6-5-16(3)4)12(18)11(10)13/h8-9,14H,5-7H2,1-4H3. The lowest BCUT2D eigenvalue weighted by molar-refractivity contribution is 0.367. The molecule has 0 saturated carbocycles. The minimum atomic E-state index is -0.243. The third-order valence-electron chi connectivity index (χ3n) is 2.44. The number of likely N-dealkylation sites (N-methyl/N-ethyl adjacent to an activating group) is 1. The first-order valence-corrected chi connectivity index (χ1v) is 6.43. The van der Waals surface area contributed by atoms with E-state index in [1.165, 1.54) is 4.68 Å². The fourth-order valence-corrected chi connectivity index (χ4v) is 1.57. The molecule has 0 aliphatic rings. The molecule has 102 valence electrons. The van der Waals surface area contributed by atoms with Crippen molar-refractivity contribution >= 4 is 17.3 Å². The number of anilines is 1. The molecule has 1 aromatic rings. The van der Waals surface area contributed by atoms with E-state index < -0.39 is 0 Å². The monoisotopic (exact) mass is 272 g/mol. The number of nitrogens with zero attached hydrogens (tertiary/aromatic N) is 3. The third kappa shape index (κ3) is 4.31. The fraction of sp³-hybridized carbons (Fsp3) is 0.667. The molecule has 1 N–H and O–H groups in total. The van der Waals surface area contributed by atoms with Gasteiger partial charge in [-0.3, -0.25) is 4.79 Å². The Labute approximate surface area is 113 Å². The zero-order valence-corrected chi connectivity index (χ0v) is 12.2. The zero-order valence-electron chi connectivity index (χ0n) is 11.4. The second-order valence-electron chi connectivity index (χ2n) is 4.98. The molecule has 0 radical (unpaired) electrons. The van der Waals surface area contributed by atoms with Crippen LogP contribution >= 0.6 is 11.6 Å². The summed E-state index contributed by atoms with van der Waals surface area (Å²) >= 11 is 6.05. The van der Waals surface area contributed by atoms with Crippen molar-refractivity contribution in [2.75, 3.05) is 32.5 Å². The Morgan fingerprint density at radius 1 is 1.50 bits per heavy atom. The van der Waals surface area contributed by atoms with Crippen molar-refractivity contribution in [3.63, 3.8) is 0 Å². The van der Waals surface area contributed by atoms with Crippen LogP contribution in [0.25, 0.3) is 0 Å². The Balaban J connectivity index is 2.81. The Kier molecular flexibility index (Phi) is 5.62. The first-order chi connectivity index (χ1) is 8.41. The largest absolute Gasteiger partial charge is 0.382 e. The minimum Gasteiger partial charge on any atom is -0.382 e. The van der Waals surface area contributed by atoms with Gasteiger partial charge in [0.05, 0.1) is 18.4 Å². The van der Waals surface area contributed by atoms with E-state index in [1.54, 1.807) is 6.20 Å². The second-order valence-corrected chi connectivity index (χ2v) is 5.36. The molecule has 6 heteroatoms. The Hall–Kier alpha value is -1.07. The molecular weight excluding hydrogens is 252 g/mol. The molecule has 0 aromatic carbocycles. The van der Waals surface area contributed by atoms with E-state index in [0.29, 0.717) is 18.2 Å². The van der Waals surface area contributed by atoms with Crippen LogP contribution in [0, 0.1) is 5.92 Å². The summed E-state index contributed by atoms with van der Waals surface area (Å²) in [4.78, 5) is 13.9. The second kappa shape index (κ2) is 6.75. The van der Waals surface area contributed by atoms with Crippen LogP contribution in [0.15, 0.2) is 11.0 Å². The van der Waals surface area contributed by atoms with E-state index in [0.717, 1.165) is 13.1 Å². The van der Waals surface area contributed by atoms with Gasteiger partial charge in [-0.2, -0.15) is 5.10 Å². The smallest absolute Gasteiger partial charge is 0.287 e. The summed E-state index contributed by atoms with van der Waals surface area (Å²) in [6.45, 7) is 6.24. The molecule has 18 heavy (non-hydrogen) atoms. The summed E-state index contributed by atoms with van der Waals surface area (Å²) in [6.07, 6.45) is 1.61. The molecule has 0 saturated heterocycles. The van der Waals surface area contributed by atoms with Crippen molar-refractivity contribution < 1.29 is 0 Å². The predicted molar refractivity (Wildman–Crippen MR) is 75.4 cm³/mol. The highest BCUT2D eigenvalue weighted by atomic mass is 35.5. The Morgan fingerprint density at radius 3 is 2.72 bits per heavy atom. The lowest BCUT2D eigenvalue weighted by Crippen LogP contribution is -2.29. The van der Waals surface area contributed by atoms with Crippen LogP contribution in [0.5, 0.6) is 0 Å². The van der Waals surface area contributed by atoms with Gasteiger partial charge in [-0.05, 0) is 20.0 Å². The number of halogens is 1. The number of rotatable bonds is 6. The van der Waals surface area contributed by atoms with Crippen molar-refractivity contribution in [3.05, 3.63) is 21.6 Å². The lowest BCUT2D eigenvalue weighted by atomic mass is 10.2. The van der Waals surface area contributed by atoms with Gasteiger partial charge < -0.3 is 10.2 Å². The lowest BCUT2D eigenvalue weighted by Gasteiger charge is -2.13. The number of nitrogens with one attached hydrogen (secondary N) is 1. The maximum atomic E-state index is 12.0. The SMILES string of the molecule is CC(C)CNc1cnn(CCN(C)C)c(=O)c1Cl. The summed E-state index contributed by atoms with van der Waals surface area (Å²) in [5.41, 5.74) is 0.365. The third-order valence-corrected chi connectivity index (χ3v) is 2.81. The number of hydrogen-bond donors (Lipinski definition) is 1. The van der Waals surface area contributed by atoms with E-state index >= 15 is 0 Å². The van der Waals surface area contributed by atoms with E-state index in [4.69, 9.17) is 11.6 Å². The van der Waals surface area contributed by atoms with Gasteiger partial charge in [0.1, 0.15) is 5.02 Å². The van der Waals surface area contributed by atoms with Gasteiger partial charge in [0.25, 0.3) is 5.56 Å². The van der Waals surface area contributed by atoms with E-state index in [1.807, 2.05) is 19.0 Å². The predicted octanol–water partition coefficient (Wildman–Crippen LogP) is 1.53. The van der Waals surface area contributed by atoms with Crippen molar-refractivity contribution in [2.24, 2.45) is 5.92 Å². The fourth-order valence-electron chi connectivity index (χ4n) is 1.36. The maximum absolute atomic E-state index is 12.0. The number of hydrogen-bond acceptors (Lipinski definition) is 4. The van der Waals surface area contributed by atoms with Crippen LogP contribution in [0.2, 0.25) is 5.02 Å². The molecule has 1 heterocycles. The van der Waals surface area contributed by atoms with Crippen LogP contribution in [0.1, 0.15) is 13.8 Å². The quantitative estimate of drug-likeness (QED) is 0.853. The molecule has 0 atom stereocenters. The van der Waals surface area contributed by atoms with Crippen molar-refractivity contribution in [3.8, 4) is 0 Å². The van der Waals surface area contributed by atoms with Crippen LogP contribution in [0.3, 0.4) is 0 Å². The zero-order chi connectivity index (χ0) is 13.7.